The fourth-order valence-electron chi connectivity index (χ4n) is 3.22. The minimum atomic E-state index is -2.52. The molecule has 8 heteroatoms. The molecule has 0 aliphatic heterocycles. The van der Waals surface area contributed by atoms with E-state index in [4.69, 9.17) is 34.2 Å². The van der Waals surface area contributed by atoms with Crippen LogP contribution in [0.1, 0.15) is 9.68 Å². The molecule has 0 spiro atoms. The summed E-state index contributed by atoms with van der Waals surface area (Å²) < 4.78 is 49.1. The van der Waals surface area contributed by atoms with Crippen molar-refractivity contribution in [2.75, 3.05) is 65.7 Å². The molecular weight excluding hydrogens is 422 g/mol. The van der Waals surface area contributed by atoms with Crippen LogP contribution >= 0.6 is 0 Å². The molecule has 0 bridgehead atoms. The summed E-state index contributed by atoms with van der Waals surface area (Å²) in [6.07, 6.45) is 7.04. The van der Waals surface area contributed by atoms with Crippen LogP contribution in [0.5, 0.6) is 11.5 Å². The van der Waals surface area contributed by atoms with Gasteiger partial charge in [0.25, 0.3) is 0 Å². The Labute approximate surface area is 198 Å². The van der Waals surface area contributed by atoms with Crippen LogP contribution < -0.4 is 14.4 Å². The Balaban J connectivity index is 2.08. The first kappa shape index (κ1) is 20.2. The number of hydrogen-bond acceptors (Lipinski definition) is 8. The van der Waals surface area contributed by atoms with E-state index in [9.17, 15) is 0 Å². The Morgan fingerprint density at radius 2 is 1.70 bits per heavy atom. The molecule has 1 heterocycles. The van der Waals surface area contributed by atoms with Gasteiger partial charge >= 0.3 is 0 Å². The van der Waals surface area contributed by atoms with Crippen LogP contribution in [0.4, 0.5) is 11.5 Å². The number of aromatic nitrogens is 2. The van der Waals surface area contributed by atoms with E-state index in [0.29, 0.717) is 60.2 Å². The Hall–Kier alpha value is -3.38. The van der Waals surface area contributed by atoms with Crippen LogP contribution in [0.25, 0.3) is 10.9 Å². The van der Waals surface area contributed by atoms with Gasteiger partial charge in [-0.2, -0.15) is 0 Å². The second-order valence-corrected chi connectivity index (χ2v) is 6.89. The third kappa shape index (κ3) is 6.33. The highest BCUT2D eigenvalue weighted by molar-refractivity contribution is 5.93. The van der Waals surface area contributed by atoms with Crippen LogP contribution in [-0.4, -0.2) is 70.8 Å². The first-order chi connectivity index (χ1) is 17.4. The summed E-state index contributed by atoms with van der Waals surface area (Å²) in [6, 6.07) is 10.9. The van der Waals surface area contributed by atoms with Crippen molar-refractivity contribution in [1.29, 1.82) is 0 Å². The van der Waals surface area contributed by atoms with Gasteiger partial charge < -0.3 is 28.6 Å². The molecule has 3 rings (SSSR count). The van der Waals surface area contributed by atoms with Crippen LogP contribution in [0, 0.1) is 12.3 Å². The van der Waals surface area contributed by atoms with E-state index in [1.807, 2.05) is 29.2 Å². The van der Waals surface area contributed by atoms with Crippen LogP contribution in [0.3, 0.4) is 0 Å². The highest BCUT2D eigenvalue weighted by Crippen LogP contribution is 2.37. The van der Waals surface area contributed by atoms with Crippen molar-refractivity contribution in [1.82, 2.24) is 9.97 Å². The predicted molar refractivity (Wildman–Crippen MR) is 128 cm³/mol. The summed E-state index contributed by atoms with van der Waals surface area (Å²) in [5.41, 5.74) is 2.01. The highest BCUT2D eigenvalue weighted by atomic mass is 16.5. The van der Waals surface area contributed by atoms with Crippen molar-refractivity contribution in [3.05, 3.63) is 48.3 Å². The van der Waals surface area contributed by atoms with Crippen molar-refractivity contribution >= 4 is 22.4 Å². The molecule has 1 aromatic heterocycles. The molecule has 0 saturated heterocycles. The largest absolute Gasteiger partial charge is 0.487 e. The van der Waals surface area contributed by atoms with Gasteiger partial charge in [-0.3, -0.25) is 0 Å². The van der Waals surface area contributed by atoms with E-state index < -0.39 is 7.04 Å². The van der Waals surface area contributed by atoms with E-state index in [0.717, 1.165) is 5.69 Å². The first-order valence-corrected chi connectivity index (χ1v) is 10.4. The number of benzene rings is 2. The molecular formula is C25H29N3O5. The maximum atomic E-state index is 7.37. The summed E-state index contributed by atoms with van der Waals surface area (Å²) in [5.74, 6) is 4.15. The van der Waals surface area contributed by atoms with Crippen molar-refractivity contribution in [2.24, 2.45) is 0 Å². The lowest BCUT2D eigenvalue weighted by Crippen LogP contribution is -2.23. The molecule has 0 aliphatic rings. The third-order valence-electron chi connectivity index (χ3n) is 4.77. The Kier molecular flexibility index (Phi) is 7.73. The Morgan fingerprint density at radius 1 is 0.939 bits per heavy atom. The third-order valence-corrected chi connectivity index (χ3v) is 4.77. The van der Waals surface area contributed by atoms with Crippen molar-refractivity contribution in [3.63, 3.8) is 0 Å². The lowest BCUT2D eigenvalue weighted by Gasteiger charge is -2.25. The maximum Gasteiger partial charge on any atom is 0.163 e. The molecule has 33 heavy (non-hydrogen) atoms. The van der Waals surface area contributed by atoms with Gasteiger partial charge in [0, 0.05) is 50.5 Å². The van der Waals surface area contributed by atoms with Gasteiger partial charge in [-0.05, 0) is 24.3 Å². The summed E-state index contributed by atoms with van der Waals surface area (Å²) in [4.78, 5) is 10.8. The summed E-state index contributed by atoms with van der Waals surface area (Å²) in [6.45, 7) is 1.57. The minimum absolute atomic E-state index is 0.0717. The van der Waals surface area contributed by atoms with Crippen LogP contribution in [0.2, 0.25) is 0 Å². The van der Waals surface area contributed by atoms with Gasteiger partial charge in [0.05, 0.1) is 29.4 Å². The average molecular weight is 455 g/mol. The number of hydrogen-bond donors (Lipinski definition) is 0. The van der Waals surface area contributed by atoms with E-state index >= 15 is 0 Å². The van der Waals surface area contributed by atoms with Crippen molar-refractivity contribution in [2.45, 2.75) is 0 Å². The average Bonchev–Trinajstić information content (AvgIpc) is 2.86. The molecule has 8 nitrogen and oxygen atoms in total. The zero-order valence-corrected chi connectivity index (χ0v) is 18.7. The maximum absolute atomic E-state index is 7.37. The normalized spacial score (nSPS) is 12.5. The Morgan fingerprint density at radius 3 is 2.39 bits per heavy atom. The van der Waals surface area contributed by atoms with Gasteiger partial charge in [-0.15, -0.1) is 6.42 Å². The number of nitrogens with zero attached hydrogens (tertiary/aromatic N) is 3. The van der Waals surface area contributed by atoms with Crippen molar-refractivity contribution in [3.8, 4) is 23.8 Å². The van der Waals surface area contributed by atoms with E-state index in [-0.39, 0.29) is 13.2 Å². The van der Waals surface area contributed by atoms with Gasteiger partial charge in [0.1, 0.15) is 25.4 Å². The molecule has 3 aromatic rings. The number of fused-ring (bicyclic) bond motifs is 1. The quantitative estimate of drug-likeness (QED) is 0.287. The van der Waals surface area contributed by atoms with Crippen LogP contribution in [0.15, 0.2) is 42.7 Å². The number of anilines is 2. The van der Waals surface area contributed by atoms with E-state index in [1.165, 1.54) is 6.33 Å². The fourth-order valence-corrected chi connectivity index (χ4v) is 3.22. The topological polar surface area (TPSA) is 75.2 Å². The smallest absolute Gasteiger partial charge is 0.163 e. The standard InChI is InChI=1S/C25H29N3O5/c1-5-19-7-6-8-20(15-19)28(9-10-29-2)25-21-16-23(32-13-11-30-3)24(33-14-12-31-4)17-22(21)26-18-27-25/h1,6-8,15-18H,9-14H2,2-4H3/i2D3. The molecule has 0 unspecified atom stereocenters. The zero-order chi connectivity index (χ0) is 26.0. The highest BCUT2D eigenvalue weighted by Gasteiger charge is 2.18. The van der Waals surface area contributed by atoms with Crippen LogP contribution in [-0.2, 0) is 14.2 Å². The first-order valence-electron chi connectivity index (χ1n) is 11.9. The predicted octanol–water partition coefficient (Wildman–Crippen LogP) is 3.45. The van der Waals surface area contributed by atoms with Gasteiger partial charge in [0.2, 0.25) is 0 Å². The molecule has 0 radical (unpaired) electrons. The second-order valence-electron chi connectivity index (χ2n) is 6.89. The number of terminal acetylenes is 1. The van der Waals surface area contributed by atoms with Crippen molar-refractivity contribution < 1.29 is 27.8 Å². The van der Waals surface area contributed by atoms with Gasteiger partial charge in [-0.25, -0.2) is 9.97 Å². The number of methoxy groups -OCH3 is 3. The molecule has 2 aromatic carbocycles. The van der Waals surface area contributed by atoms with E-state index in [2.05, 4.69) is 15.9 Å². The van der Waals surface area contributed by atoms with Gasteiger partial charge in [0.15, 0.2) is 11.5 Å². The molecule has 0 fully saturated rings. The van der Waals surface area contributed by atoms with E-state index in [1.54, 1.807) is 26.4 Å². The molecule has 0 amide bonds. The number of rotatable bonds is 13. The molecule has 0 saturated carbocycles. The molecule has 0 N–H and O–H groups in total. The summed E-state index contributed by atoms with van der Waals surface area (Å²) >= 11 is 0. The lowest BCUT2D eigenvalue weighted by molar-refractivity contribution is 0.132. The SMILES string of the molecule is [2H]C([2H])([2H])OCCN(c1cccc(C#C)c1)c1ncnc2cc(OCCOC)c(OCCOC)cc12. The molecule has 0 aliphatic carbocycles. The monoisotopic (exact) mass is 454 g/mol. The molecule has 0 atom stereocenters. The number of ether oxygens (including phenoxy) is 5. The summed E-state index contributed by atoms with van der Waals surface area (Å²) in [7, 11) is 0.672. The minimum Gasteiger partial charge on any atom is -0.487 e. The zero-order valence-electron chi connectivity index (χ0n) is 21.7. The Bertz CT molecular complexity index is 1180. The fraction of sp³-hybridized carbons (Fsp3) is 0.360. The lowest BCUT2D eigenvalue weighted by atomic mass is 10.1. The van der Waals surface area contributed by atoms with Gasteiger partial charge in [-0.1, -0.05) is 12.0 Å². The summed E-state index contributed by atoms with van der Waals surface area (Å²) in [5, 5.41) is 0.670. The molecule has 174 valence electrons. The second kappa shape index (κ2) is 12.6.